The summed E-state index contributed by atoms with van der Waals surface area (Å²) < 4.78 is 7.45. The van der Waals surface area contributed by atoms with E-state index in [1.165, 1.54) is 11.8 Å². The Morgan fingerprint density at radius 3 is 3.04 bits per heavy atom. The van der Waals surface area contributed by atoms with E-state index < -0.39 is 0 Å². The van der Waals surface area contributed by atoms with Crippen LogP contribution in [-0.2, 0) is 11.3 Å². The zero-order valence-corrected chi connectivity index (χ0v) is 15.0. The van der Waals surface area contributed by atoms with E-state index >= 15 is 0 Å². The van der Waals surface area contributed by atoms with Gasteiger partial charge in [0.15, 0.2) is 16.8 Å². The van der Waals surface area contributed by atoms with Crippen LogP contribution in [0, 0.1) is 0 Å². The smallest absolute Gasteiger partial charge is 0.192 e. The number of hydrogen-bond acceptors (Lipinski definition) is 7. The van der Waals surface area contributed by atoms with Gasteiger partial charge in [-0.3, -0.25) is 14.3 Å². The summed E-state index contributed by atoms with van der Waals surface area (Å²) in [5.41, 5.74) is 0.877. The van der Waals surface area contributed by atoms with Gasteiger partial charge >= 0.3 is 0 Å². The summed E-state index contributed by atoms with van der Waals surface area (Å²) in [6, 6.07) is 7.54. The van der Waals surface area contributed by atoms with Crippen molar-refractivity contribution in [3.63, 3.8) is 0 Å². The molecule has 0 saturated carbocycles. The van der Waals surface area contributed by atoms with Crippen LogP contribution >= 0.6 is 11.8 Å². The second kappa shape index (κ2) is 7.84. The summed E-state index contributed by atoms with van der Waals surface area (Å²) in [5, 5.41) is 12.6. The highest BCUT2D eigenvalue weighted by Gasteiger charge is 2.23. The number of Topliss-reactive ketones (excluding diaryl/α,β-unsaturated/α-hetero) is 1. The third kappa shape index (κ3) is 3.71. The van der Waals surface area contributed by atoms with Crippen LogP contribution in [0.4, 0.5) is 0 Å². The van der Waals surface area contributed by atoms with E-state index in [0.29, 0.717) is 23.3 Å². The Morgan fingerprint density at radius 1 is 1.35 bits per heavy atom. The van der Waals surface area contributed by atoms with Crippen molar-refractivity contribution < 1.29 is 9.21 Å². The molecule has 1 aliphatic heterocycles. The number of thioether (sulfide) groups is 1. The van der Waals surface area contributed by atoms with Crippen LogP contribution in [0.2, 0.25) is 0 Å². The Bertz CT molecular complexity index is 857. The summed E-state index contributed by atoms with van der Waals surface area (Å²) in [6.07, 6.45) is 7.09. The highest BCUT2D eigenvalue weighted by atomic mass is 32.2. The minimum absolute atomic E-state index is 0.0262. The van der Waals surface area contributed by atoms with Gasteiger partial charge in [-0.05, 0) is 43.7 Å². The number of nitrogens with one attached hydrogen (secondary N) is 1. The number of ketones is 1. The standard InChI is InChI=1S/C18H19N5O2S/c24-16(15-6-2-8-20-15)12-26-18-22-21-17(13-4-1-7-19-10-13)23(18)11-14-5-3-9-25-14/h1,3-5,7,9-10,15,20H,2,6,8,11-12H2. The van der Waals surface area contributed by atoms with E-state index in [4.69, 9.17) is 4.42 Å². The molecule has 0 spiro atoms. The first kappa shape index (κ1) is 17.0. The Labute approximate surface area is 155 Å². The number of hydrogen-bond donors (Lipinski definition) is 1. The second-order valence-corrected chi connectivity index (χ2v) is 7.06. The fraction of sp³-hybridized carbons (Fsp3) is 0.333. The second-order valence-electron chi connectivity index (χ2n) is 6.12. The maximum atomic E-state index is 12.4. The van der Waals surface area contributed by atoms with Crippen LogP contribution in [0.1, 0.15) is 18.6 Å². The van der Waals surface area contributed by atoms with Gasteiger partial charge in [0.05, 0.1) is 24.6 Å². The summed E-state index contributed by atoms with van der Waals surface area (Å²) in [4.78, 5) is 16.5. The Morgan fingerprint density at radius 2 is 2.31 bits per heavy atom. The molecule has 1 saturated heterocycles. The zero-order valence-electron chi connectivity index (χ0n) is 14.2. The van der Waals surface area contributed by atoms with Gasteiger partial charge in [-0.1, -0.05) is 11.8 Å². The van der Waals surface area contributed by atoms with Crippen molar-refractivity contribution in [2.24, 2.45) is 0 Å². The summed E-state index contributed by atoms with van der Waals surface area (Å²) in [5.74, 6) is 2.10. The Kier molecular flexibility index (Phi) is 5.12. The van der Waals surface area contributed by atoms with Gasteiger partial charge in [0, 0.05) is 18.0 Å². The van der Waals surface area contributed by atoms with E-state index in [1.807, 2.05) is 28.8 Å². The molecular formula is C18H19N5O2S. The minimum Gasteiger partial charge on any atom is -0.467 e. The molecule has 3 aromatic rings. The largest absolute Gasteiger partial charge is 0.467 e. The number of rotatable bonds is 7. The average Bonchev–Trinajstić information content (AvgIpc) is 3.43. The molecule has 1 aliphatic rings. The van der Waals surface area contributed by atoms with Gasteiger partial charge in [-0.25, -0.2) is 0 Å². The quantitative estimate of drug-likeness (QED) is 0.640. The zero-order chi connectivity index (χ0) is 17.8. The van der Waals surface area contributed by atoms with Crippen LogP contribution in [0.15, 0.2) is 52.5 Å². The summed E-state index contributed by atoms with van der Waals surface area (Å²) in [6.45, 7) is 1.42. The monoisotopic (exact) mass is 369 g/mol. The van der Waals surface area contributed by atoms with Crippen molar-refractivity contribution in [2.45, 2.75) is 30.6 Å². The lowest BCUT2D eigenvalue weighted by atomic mass is 10.2. The maximum absolute atomic E-state index is 12.4. The molecule has 26 heavy (non-hydrogen) atoms. The fourth-order valence-electron chi connectivity index (χ4n) is 3.00. The summed E-state index contributed by atoms with van der Waals surface area (Å²) >= 11 is 1.42. The van der Waals surface area contributed by atoms with Crippen LogP contribution < -0.4 is 5.32 Å². The average molecular weight is 369 g/mol. The van der Waals surface area contributed by atoms with Crippen molar-refractivity contribution >= 4 is 17.5 Å². The molecule has 7 nitrogen and oxygen atoms in total. The normalized spacial score (nSPS) is 16.8. The van der Waals surface area contributed by atoms with Gasteiger partial charge in [-0.2, -0.15) is 0 Å². The van der Waals surface area contributed by atoms with Crippen molar-refractivity contribution in [2.75, 3.05) is 12.3 Å². The number of carbonyl (C=O) groups is 1. The molecule has 1 unspecified atom stereocenters. The maximum Gasteiger partial charge on any atom is 0.192 e. The molecule has 1 atom stereocenters. The van der Waals surface area contributed by atoms with Crippen LogP contribution in [-0.4, -0.2) is 43.9 Å². The van der Waals surface area contributed by atoms with Crippen molar-refractivity contribution in [3.05, 3.63) is 48.7 Å². The number of pyridine rings is 1. The lowest BCUT2D eigenvalue weighted by molar-refractivity contribution is -0.118. The van der Waals surface area contributed by atoms with E-state index in [1.54, 1.807) is 18.7 Å². The van der Waals surface area contributed by atoms with Gasteiger partial charge in [0.25, 0.3) is 0 Å². The number of aromatic nitrogens is 4. The molecule has 0 bridgehead atoms. The molecule has 4 heterocycles. The lowest BCUT2D eigenvalue weighted by Gasteiger charge is -2.10. The van der Waals surface area contributed by atoms with Crippen LogP contribution in [0.5, 0.6) is 0 Å². The number of nitrogens with zero attached hydrogens (tertiary/aromatic N) is 4. The van der Waals surface area contributed by atoms with Gasteiger partial charge < -0.3 is 9.73 Å². The molecule has 0 aromatic carbocycles. The molecule has 4 rings (SSSR count). The van der Waals surface area contributed by atoms with E-state index in [2.05, 4.69) is 20.5 Å². The van der Waals surface area contributed by atoms with E-state index in [-0.39, 0.29) is 11.8 Å². The molecular weight excluding hydrogens is 350 g/mol. The highest BCUT2D eigenvalue weighted by Crippen LogP contribution is 2.25. The van der Waals surface area contributed by atoms with Crippen molar-refractivity contribution in [1.29, 1.82) is 0 Å². The van der Waals surface area contributed by atoms with Crippen molar-refractivity contribution in [1.82, 2.24) is 25.1 Å². The SMILES string of the molecule is O=C(CSc1nnc(-c2cccnc2)n1Cc1ccco1)C1CCCN1. The predicted octanol–water partition coefficient (Wildman–Crippen LogP) is 2.39. The molecule has 0 aliphatic carbocycles. The topological polar surface area (TPSA) is 85.8 Å². The van der Waals surface area contributed by atoms with E-state index in [0.717, 1.165) is 30.7 Å². The van der Waals surface area contributed by atoms with Gasteiger partial charge in [0.1, 0.15) is 5.76 Å². The molecule has 1 N–H and O–H groups in total. The molecule has 0 radical (unpaired) electrons. The van der Waals surface area contributed by atoms with Crippen molar-refractivity contribution in [3.8, 4) is 11.4 Å². The number of furan rings is 1. The third-order valence-corrected chi connectivity index (χ3v) is 5.31. The first-order valence-corrected chi connectivity index (χ1v) is 9.55. The Balaban J connectivity index is 1.57. The van der Waals surface area contributed by atoms with Crippen LogP contribution in [0.3, 0.4) is 0 Å². The third-order valence-electron chi connectivity index (χ3n) is 4.32. The lowest BCUT2D eigenvalue weighted by Crippen LogP contribution is -2.32. The number of carbonyl (C=O) groups excluding carboxylic acids is 1. The van der Waals surface area contributed by atoms with Gasteiger partial charge in [0.2, 0.25) is 0 Å². The Hall–Kier alpha value is -2.45. The molecule has 0 amide bonds. The van der Waals surface area contributed by atoms with Gasteiger partial charge in [-0.15, -0.1) is 10.2 Å². The van der Waals surface area contributed by atoms with Crippen LogP contribution in [0.25, 0.3) is 11.4 Å². The fourth-order valence-corrected chi connectivity index (χ4v) is 3.88. The molecule has 1 fully saturated rings. The molecule has 134 valence electrons. The minimum atomic E-state index is -0.0262. The first-order valence-electron chi connectivity index (χ1n) is 8.56. The summed E-state index contributed by atoms with van der Waals surface area (Å²) in [7, 11) is 0. The molecule has 8 heteroatoms. The first-order chi connectivity index (χ1) is 12.8. The van der Waals surface area contributed by atoms with E-state index in [9.17, 15) is 4.79 Å². The predicted molar refractivity (Wildman–Crippen MR) is 97.8 cm³/mol. The molecule has 3 aromatic heterocycles. The highest BCUT2D eigenvalue weighted by molar-refractivity contribution is 7.99.